The Morgan fingerprint density at radius 1 is 0.741 bits per heavy atom. The van der Waals surface area contributed by atoms with Crippen molar-refractivity contribution in [1.29, 1.82) is 0 Å². The van der Waals surface area contributed by atoms with Crippen LogP contribution < -0.4 is 38.2 Å². The lowest BCUT2D eigenvalue weighted by Gasteiger charge is -2.26. The monoisotopic (exact) mass is 1230 g/mol. The molecule has 6 aromatic heterocycles. The summed E-state index contributed by atoms with van der Waals surface area (Å²) in [7, 11) is -20.9. The Morgan fingerprint density at radius 2 is 1.35 bits per heavy atom. The number of phosphoric acid groups is 4. The number of H-pyrrole nitrogens is 2. The molecule has 6 aromatic rings. The number of methoxy groups -OCH3 is 1. The molecular weight excluding hydrogens is 1180 g/mol. The van der Waals surface area contributed by atoms with E-state index in [4.69, 9.17) is 54.2 Å². The molecule has 4 unspecified atom stereocenters. The number of carbonyl (C=O) groups is 1. The number of nitrogens with two attached hydrogens (primary N) is 3. The molecule has 0 aromatic carbocycles. The van der Waals surface area contributed by atoms with Gasteiger partial charge in [0.2, 0.25) is 23.6 Å². The normalized spacial score (nSPS) is 29.0. The number of anilines is 3. The molecule has 16 atom stereocenters. The predicted molar refractivity (Wildman–Crippen MR) is 264 cm³/mol. The van der Waals surface area contributed by atoms with Crippen LogP contribution >= 0.6 is 31.3 Å². The van der Waals surface area contributed by atoms with Gasteiger partial charge in [0.15, 0.2) is 41.4 Å². The van der Waals surface area contributed by atoms with Crippen molar-refractivity contribution in [2.24, 2.45) is 13.0 Å². The van der Waals surface area contributed by atoms with Gasteiger partial charge in [0.05, 0.1) is 45.6 Å². The molecule has 0 aliphatic carbocycles. The maximum absolute atomic E-state index is 13.8. The number of aliphatic hydroxyl groups excluding tert-OH is 3. The Kier molecular flexibility index (Phi) is 17.2. The van der Waals surface area contributed by atoms with Crippen LogP contribution in [0.25, 0.3) is 33.5 Å². The largest absolute Gasteiger partial charge is 0.490 e. The van der Waals surface area contributed by atoms with E-state index in [1.807, 2.05) is 0 Å². The number of aromatic nitrogens is 12. The molecular formula is C37H53N16O24P4+. The van der Waals surface area contributed by atoms with Crippen LogP contribution in [0.3, 0.4) is 0 Å². The molecule has 3 aliphatic rings. The van der Waals surface area contributed by atoms with Crippen molar-refractivity contribution in [3.63, 3.8) is 0 Å². The minimum Gasteiger partial charge on any atom is -0.387 e. The number of ether oxygens (including phenoxy) is 4. The Hall–Kier alpha value is -5.64. The minimum atomic E-state index is -6.21. The van der Waals surface area contributed by atoms with E-state index in [0.717, 1.165) is 30.7 Å². The van der Waals surface area contributed by atoms with Crippen molar-refractivity contribution in [2.75, 3.05) is 50.7 Å². The highest BCUT2D eigenvalue weighted by Crippen LogP contribution is 2.68. The molecule has 0 spiro atoms. The first-order valence-electron chi connectivity index (χ1n) is 23.6. The highest BCUT2D eigenvalue weighted by atomic mass is 31.3. The number of hydrogen-bond donors (Lipinski definition) is 13. The standard InChI is InChI=1S/C37H52N16O24P4/c1-14(54)41-6-4-5-15-16(72-33(22(15)55)53-13-50(2)21-30(53)47-37(40)49-32(21)59)7-70-79(62,63)76-81(66,67)77-80(64,65)71-9-18-25(26(68-3)35(74-18)51-11-44-19-27(38)42-10-43-28(19)51)75-78(60,61)69-8-17-23(56)24(57)34(73-17)52-12-45-20-29(52)46-36(39)48-31(20)58/h10-13,15-18,22-26,33-35,55-57H,4-9H2,1-3H3,(H12-,38,39,40,41,42,43,46,47,48,49,54,58,59,60,61,62,63,64,65,66,67)/p+1/t15-,16-,17-,18-,22-,23-,24-,25-,26-,33-,34-,35-/m1/s1. The summed E-state index contributed by atoms with van der Waals surface area (Å²) in [5.41, 5.74) is 15.7. The number of nitrogens with one attached hydrogen (secondary N) is 3. The number of amides is 1. The summed E-state index contributed by atoms with van der Waals surface area (Å²) in [5, 5.41) is 35.9. The number of fused-ring (bicyclic) bond motifs is 3. The van der Waals surface area contributed by atoms with Gasteiger partial charge in [-0.05, 0) is 12.8 Å². The number of aliphatic hydroxyl groups is 3. The second-order valence-electron chi connectivity index (χ2n) is 18.3. The number of phosphoric ester groups is 3. The number of carbonyl (C=O) groups excluding carboxylic acids is 1. The molecule has 9 rings (SSSR count). The van der Waals surface area contributed by atoms with Gasteiger partial charge in [-0.15, -0.1) is 0 Å². The third kappa shape index (κ3) is 12.8. The van der Waals surface area contributed by atoms with Gasteiger partial charge in [-0.3, -0.25) is 56.1 Å². The van der Waals surface area contributed by atoms with Crippen molar-refractivity contribution in [3.8, 4) is 0 Å². The summed E-state index contributed by atoms with van der Waals surface area (Å²) in [4.78, 5) is 108. The van der Waals surface area contributed by atoms with Crippen LogP contribution in [0.5, 0.6) is 0 Å². The van der Waals surface area contributed by atoms with Gasteiger partial charge in [-0.25, -0.2) is 42.8 Å². The van der Waals surface area contributed by atoms with Gasteiger partial charge in [-0.2, -0.15) is 13.6 Å². The first kappa shape index (κ1) is 60.0. The second-order valence-corrected chi connectivity index (χ2v) is 24.3. The zero-order valence-electron chi connectivity index (χ0n) is 42.0. The fourth-order valence-electron chi connectivity index (χ4n) is 9.34. The fraction of sp³-hybridized carbons (Fsp3) is 0.568. The third-order valence-electron chi connectivity index (χ3n) is 12.8. The van der Waals surface area contributed by atoms with Crippen LogP contribution in [-0.4, -0.2) is 177 Å². The maximum Gasteiger partial charge on any atom is 0.490 e. The third-order valence-corrected chi connectivity index (χ3v) is 18.1. The molecule has 1 amide bonds. The lowest BCUT2D eigenvalue weighted by molar-refractivity contribution is -0.745. The van der Waals surface area contributed by atoms with Crippen LogP contribution in [-0.2, 0) is 75.8 Å². The molecule has 16 N–H and O–H groups in total. The maximum atomic E-state index is 13.8. The molecule has 44 heteroatoms. The summed E-state index contributed by atoms with van der Waals surface area (Å²) in [6.45, 7) is -1.81. The predicted octanol–water partition coefficient (Wildman–Crippen LogP) is -3.54. The number of nitrogens with zero attached hydrogens (tertiary/aromatic N) is 10. The van der Waals surface area contributed by atoms with Gasteiger partial charge >= 0.3 is 36.9 Å². The molecule has 3 fully saturated rings. The van der Waals surface area contributed by atoms with Gasteiger partial charge in [-0.1, -0.05) is 4.98 Å². The lowest BCUT2D eigenvalue weighted by atomic mass is 9.93. The zero-order chi connectivity index (χ0) is 58.7. The molecule has 3 aliphatic heterocycles. The molecule has 81 heavy (non-hydrogen) atoms. The van der Waals surface area contributed by atoms with Crippen LogP contribution in [0, 0.1) is 5.92 Å². The Labute approximate surface area is 451 Å². The van der Waals surface area contributed by atoms with Crippen LogP contribution in [0.1, 0.15) is 38.4 Å². The molecule has 0 bridgehead atoms. The molecule has 0 radical (unpaired) electrons. The van der Waals surface area contributed by atoms with E-state index >= 15 is 0 Å². The topological polar surface area (TPSA) is 571 Å². The van der Waals surface area contributed by atoms with Crippen LogP contribution in [0.15, 0.2) is 34.9 Å². The number of aryl methyl sites for hydroxylation is 1. The summed E-state index contributed by atoms with van der Waals surface area (Å²) in [6.07, 6.45) is -12.7. The van der Waals surface area contributed by atoms with Gasteiger partial charge in [0.1, 0.15) is 54.6 Å². The van der Waals surface area contributed by atoms with Gasteiger partial charge in [0, 0.05) is 26.5 Å². The summed E-state index contributed by atoms with van der Waals surface area (Å²) in [5.74, 6) is -2.01. The van der Waals surface area contributed by atoms with E-state index < -0.39 is 136 Å². The molecule has 9 heterocycles. The Balaban J connectivity index is 0.873. The van der Waals surface area contributed by atoms with E-state index in [1.54, 1.807) is 0 Å². The van der Waals surface area contributed by atoms with Crippen molar-refractivity contribution in [1.82, 2.24) is 58.9 Å². The minimum absolute atomic E-state index is 0.00881. The molecule has 3 saturated heterocycles. The summed E-state index contributed by atoms with van der Waals surface area (Å²) < 4.78 is 111. The quantitative estimate of drug-likeness (QED) is 0.0168. The number of nitrogen functional groups attached to an aromatic ring is 3. The summed E-state index contributed by atoms with van der Waals surface area (Å²) >= 11 is 0. The first-order chi connectivity index (χ1) is 38.1. The SMILES string of the molecule is CO[C@@H]1[C@H](OP(=O)(O)OC[C@H]2O[C@@H](n3cnc4c(=O)[nH]c(N)nc43)[C@H](O)[C@@H]2O)[C@@H](COP(=O)(O)OP(=O)(O)OP(=O)(O)OC[C@H]2O[C@@H]([n+]3cn(C)c4c(=O)[nH]c(N)nc43)[C@H](O)[C@@H]2CCCNC(C)=O)O[C@H]1n1cnc2c(N)ncnc21. The number of aromatic amines is 2. The van der Waals surface area contributed by atoms with E-state index in [2.05, 4.69) is 53.8 Å². The van der Waals surface area contributed by atoms with E-state index in [-0.39, 0.29) is 76.5 Å². The Morgan fingerprint density at radius 3 is 2.02 bits per heavy atom. The van der Waals surface area contributed by atoms with E-state index in [9.17, 15) is 67.5 Å². The Bertz CT molecular complexity index is 3660. The highest BCUT2D eigenvalue weighted by Gasteiger charge is 2.54. The number of hydrogen-bond acceptors (Lipinski definition) is 29. The molecule has 0 saturated carbocycles. The van der Waals surface area contributed by atoms with Crippen LogP contribution in [0.4, 0.5) is 17.7 Å². The smallest absolute Gasteiger partial charge is 0.387 e. The van der Waals surface area contributed by atoms with E-state index in [1.165, 1.54) is 34.0 Å². The average molecular weight is 1230 g/mol. The van der Waals surface area contributed by atoms with Crippen molar-refractivity contribution in [2.45, 2.75) is 87.3 Å². The van der Waals surface area contributed by atoms with Crippen LogP contribution in [0.2, 0.25) is 0 Å². The van der Waals surface area contributed by atoms with Gasteiger partial charge < -0.3 is 76.4 Å². The van der Waals surface area contributed by atoms with Crippen molar-refractivity contribution >= 4 is 88.4 Å². The highest BCUT2D eigenvalue weighted by molar-refractivity contribution is 7.66. The molecule has 40 nitrogen and oxygen atoms in total. The lowest BCUT2D eigenvalue weighted by Crippen LogP contribution is -2.45. The van der Waals surface area contributed by atoms with Crippen molar-refractivity contribution < 1.29 is 108 Å². The molecule has 444 valence electrons. The van der Waals surface area contributed by atoms with Crippen molar-refractivity contribution in [3.05, 3.63) is 46.0 Å². The first-order valence-corrected chi connectivity index (χ1v) is 29.6. The van der Waals surface area contributed by atoms with Gasteiger partial charge in [0.25, 0.3) is 17.1 Å². The zero-order valence-corrected chi connectivity index (χ0v) is 45.6. The second kappa shape index (κ2) is 23.2. The fourth-order valence-corrected chi connectivity index (χ4v) is 13.8. The summed E-state index contributed by atoms with van der Waals surface area (Å²) in [6, 6.07) is 0. The number of imidazole rings is 3. The van der Waals surface area contributed by atoms with E-state index in [0.29, 0.717) is 0 Å². The number of rotatable bonds is 23. The average Bonchev–Trinajstić information content (AvgIpc) is 3.95.